The number of rotatable bonds is 6. The van der Waals surface area contributed by atoms with Crippen molar-refractivity contribution in [2.45, 2.75) is 83.3 Å². The molecule has 0 amide bonds. The number of nitrogens with two attached hydrogens (primary N) is 1. The molecule has 1 aliphatic rings. The lowest BCUT2D eigenvalue weighted by molar-refractivity contribution is -0.0703. The first-order valence-electron chi connectivity index (χ1n) is 7.14. The summed E-state index contributed by atoms with van der Waals surface area (Å²) in [5.41, 5.74) is 6.40. The Morgan fingerprint density at radius 3 is 2.25 bits per heavy atom. The molecule has 0 aliphatic heterocycles. The largest absolute Gasteiger partial charge is 0.374 e. The van der Waals surface area contributed by atoms with Crippen LogP contribution in [0.3, 0.4) is 0 Å². The Hall–Kier alpha value is -0.0800. The molecular weight excluding hydrogens is 198 g/mol. The molecule has 0 aromatic carbocycles. The fourth-order valence-corrected chi connectivity index (χ4v) is 2.92. The van der Waals surface area contributed by atoms with Crippen molar-refractivity contribution >= 4 is 0 Å². The van der Waals surface area contributed by atoms with E-state index in [0.29, 0.717) is 0 Å². The summed E-state index contributed by atoms with van der Waals surface area (Å²) in [7, 11) is 0. The van der Waals surface area contributed by atoms with Crippen molar-refractivity contribution < 1.29 is 4.74 Å². The average molecular weight is 227 g/mol. The van der Waals surface area contributed by atoms with Crippen LogP contribution in [0.2, 0.25) is 0 Å². The van der Waals surface area contributed by atoms with Crippen molar-refractivity contribution in [3.8, 4) is 0 Å². The van der Waals surface area contributed by atoms with Crippen molar-refractivity contribution in [1.29, 1.82) is 0 Å². The fraction of sp³-hybridized carbons (Fsp3) is 1.00. The van der Waals surface area contributed by atoms with Crippen LogP contribution in [-0.4, -0.2) is 18.2 Å². The van der Waals surface area contributed by atoms with Crippen molar-refractivity contribution in [2.24, 2.45) is 5.73 Å². The highest BCUT2D eigenvalue weighted by molar-refractivity contribution is 4.92. The maximum Gasteiger partial charge on any atom is 0.0832 e. The van der Waals surface area contributed by atoms with E-state index in [1.807, 2.05) is 0 Å². The molecule has 1 rings (SSSR count). The Labute approximate surface area is 101 Å². The number of ether oxygens (including phenoxy) is 1. The predicted molar refractivity (Wildman–Crippen MR) is 69.6 cm³/mol. The maximum atomic E-state index is 6.40. The van der Waals surface area contributed by atoms with E-state index in [1.165, 1.54) is 51.4 Å². The van der Waals surface area contributed by atoms with Crippen molar-refractivity contribution in [2.75, 3.05) is 6.61 Å². The minimum absolute atomic E-state index is 0.000417. The summed E-state index contributed by atoms with van der Waals surface area (Å²) in [4.78, 5) is 0. The van der Waals surface area contributed by atoms with Gasteiger partial charge in [0.05, 0.1) is 5.60 Å². The lowest BCUT2D eigenvalue weighted by Crippen LogP contribution is -2.49. The fourth-order valence-electron chi connectivity index (χ4n) is 2.92. The third-order valence-electron chi connectivity index (χ3n) is 3.93. The van der Waals surface area contributed by atoms with Gasteiger partial charge in [0.2, 0.25) is 0 Å². The summed E-state index contributed by atoms with van der Waals surface area (Å²) < 4.78 is 6.08. The highest BCUT2D eigenvalue weighted by atomic mass is 16.5. The second kappa shape index (κ2) is 7.29. The van der Waals surface area contributed by atoms with Crippen molar-refractivity contribution in [3.05, 3.63) is 0 Å². The Morgan fingerprint density at radius 1 is 1.12 bits per heavy atom. The molecule has 2 heteroatoms. The highest BCUT2D eigenvalue weighted by Crippen LogP contribution is 2.34. The summed E-state index contributed by atoms with van der Waals surface area (Å²) in [5, 5.41) is 0. The lowest BCUT2D eigenvalue weighted by Gasteiger charge is -2.38. The first-order chi connectivity index (χ1) is 7.75. The molecule has 0 saturated heterocycles. The van der Waals surface area contributed by atoms with E-state index < -0.39 is 0 Å². The van der Waals surface area contributed by atoms with Crippen LogP contribution in [0.5, 0.6) is 0 Å². The molecule has 1 atom stereocenters. The van der Waals surface area contributed by atoms with Crippen molar-refractivity contribution in [3.63, 3.8) is 0 Å². The van der Waals surface area contributed by atoms with E-state index in [4.69, 9.17) is 10.5 Å². The topological polar surface area (TPSA) is 35.2 Å². The first-order valence-corrected chi connectivity index (χ1v) is 7.14. The highest BCUT2D eigenvalue weighted by Gasteiger charge is 2.37. The minimum Gasteiger partial charge on any atom is -0.374 e. The van der Waals surface area contributed by atoms with Gasteiger partial charge >= 0.3 is 0 Å². The second-order valence-electron chi connectivity index (χ2n) is 5.16. The van der Waals surface area contributed by atoms with Crippen LogP contribution >= 0.6 is 0 Å². The SMILES string of the molecule is CCCCC(N)C1(OCC)CCCCCC1. The molecule has 0 bridgehead atoms. The normalized spacial score (nSPS) is 22.7. The van der Waals surface area contributed by atoms with E-state index in [9.17, 15) is 0 Å². The summed E-state index contributed by atoms with van der Waals surface area (Å²) in [5.74, 6) is 0. The van der Waals surface area contributed by atoms with Crippen LogP contribution in [0.25, 0.3) is 0 Å². The quantitative estimate of drug-likeness (QED) is 0.703. The zero-order chi connectivity index (χ0) is 11.9. The van der Waals surface area contributed by atoms with Gasteiger partial charge in [-0.25, -0.2) is 0 Å². The Balaban J connectivity index is 2.60. The molecule has 2 N–H and O–H groups in total. The zero-order valence-electron chi connectivity index (χ0n) is 11.1. The van der Waals surface area contributed by atoms with E-state index in [2.05, 4.69) is 13.8 Å². The molecule has 0 heterocycles. The van der Waals surface area contributed by atoms with Gasteiger partial charge < -0.3 is 10.5 Å². The Kier molecular flexibility index (Phi) is 6.37. The molecule has 2 nitrogen and oxygen atoms in total. The Bertz CT molecular complexity index is 174. The standard InChI is InChI=1S/C14H29NO/c1-3-5-10-13(15)14(16-4-2)11-8-6-7-9-12-14/h13H,3-12,15H2,1-2H3. The van der Waals surface area contributed by atoms with Crippen LogP contribution in [-0.2, 0) is 4.74 Å². The molecule has 1 aliphatic carbocycles. The summed E-state index contributed by atoms with van der Waals surface area (Å²) in [6.45, 7) is 5.13. The first kappa shape index (κ1) is 14.0. The minimum atomic E-state index is 0.000417. The molecular formula is C14H29NO. The third-order valence-corrected chi connectivity index (χ3v) is 3.93. The zero-order valence-corrected chi connectivity index (χ0v) is 11.1. The molecule has 16 heavy (non-hydrogen) atoms. The summed E-state index contributed by atoms with van der Waals surface area (Å²) in [6.07, 6.45) is 11.2. The molecule has 1 fully saturated rings. The van der Waals surface area contributed by atoms with Crippen LogP contribution in [0, 0.1) is 0 Å². The van der Waals surface area contributed by atoms with Gasteiger partial charge in [0.25, 0.3) is 0 Å². The number of hydrogen-bond donors (Lipinski definition) is 1. The van der Waals surface area contributed by atoms with E-state index in [1.54, 1.807) is 0 Å². The van der Waals surface area contributed by atoms with Gasteiger partial charge in [-0.1, -0.05) is 45.4 Å². The lowest BCUT2D eigenvalue weighted by atomic mass is 9.84. The average Bonchev–Trinajstić information content (AvgIpc) is 2.53. The van der Waals surface area contributed by atoms with Crippen LogP contribution in [0.1, 0.15) is 71.6 Å². The van der Waals surface area contributed by atoms with Crippen LogP contribution in [0.4, 0.5) is 0 Å². The monoisotopic (exact) mass is 227 g/mol. The molecule has 96 valence electrons. The van der Waals surface area contributed by atoms with Gasteiger partial charge in [-0.15, -0.1) is 0 Å². The molecule has 0 aromatic heterocycles. The van der Waals surface area contributed by atoms with Gasteiger partial charge in [-0.05, 0) is 26.2 Å². The van der Waals surface area contributed by atoms with E-state index in [-0.39, 0.29) is 11.6 Å². The molecule has 1 unspecified atom stereocenters. The van der Waals surface area contributed by atoms with E-state index in [0.717, 1.165) is 13.0 Å². The Morgan fingerprint density at radius 2 is 1.75 bits per heavy atom. The number of hydrogen-bond acceptors (Lipinski definition) is 2. The smallest absolute Gasteiger partial charge is 0.0832 e. The van der Waals surface area contributed by atoms with Crippen LogP contribution in [0.15, 0.2) is 0 Å². The third kappa shape index (κ3) is 3.74. The van der Waals surface area contributed by atoms with Crippen molar-refractivity contribution in [1.82, 2.24) is 0 Å². The molecule has 0 aromatic rings. The second-order valence-corrected chi connectivity index (χ2v) is 5.16. The molecule has 0 radical (unpaired) electrons. The van der Waals surface area contributed by atoms with Gasteiger partial charge in [-0.2, -0.15) is 0 Å². The van der Waals surface area contributed by atoms with E-state index >= 15 is 0 Å². The molecule has 1 saturated carbocycles. The summed E-state index contributed by atoms with van der Waals surface area (Å²) in [6, 6.07) is 0.241. The number of unbranched alkanes of at least 4 members (excludes halogenated alkanes) is 1. The summed E-state index contributed by atoms with van der Waals surface area (Å²) >= 11 is 0. The predicted octanol–water partition coefficient (Wildman–Crippen LogP) is 3.63. The van der Waals surface area contributed by atoms with Gasteiger partial charge in [0.1, 0.15) is 0 Å². The van der Waals surface area contributed by atoms with Gasteiger partial charge in [0.15, 0.2) is 0 Å². The van der Waals surface area contributed by atoms with Gasteiger partial charge in [-0.3, -0.25) is 0 Å². The maximum absolute atomic E-state index is 6.40. The van der Waals surface area contributed by atoms with Gasteiger partial charge in [0, 0.05) is 12.6 Å². The van der Waals surface area contributed by atoms with Crippen LogP contribution < -0.4 is 5.73 Å². The molecule has 0 spiro atoms.